The third-order valence-electron chi connectivity index (χ3n) is 6.96. The van der Waals surface area contributed by atoms with Crippen molar-refractivity contribution in [3.63, 3.8) is 0 Å². The second-order valence-electron chi connectivity index (χ2n) is 12.0. The van der Waals surface area contributed by atoms with Gasteiger partial charge in [-0.25, -0.2) is 9.36 Å². The number of carbonyl (C=O) groups excluding carboxylic acids is 1. The Morgan fingerprint density at radius 3 is 2.40 bits per heavy atom. The molecule has 1 aromatic carbocycles. The first-order chi connectivity index (χ1) is 19.4. The van der Waals surface area contributed by atoms with Crippen LogP contribution in [0.5, 0.6) is 5.75 Å². The van der Waals surface area contributed by atoms with E-state index in [9.17, 15) is 18.9 Å². The van der Waals surface area contributed by atoms with Crippen molar-refractivity contribution in [2.45, 2.75) is 91.1 Å². The van der Waals surface area contributed by atoms with Gasteiger partial charge >= 0.3 is 19.4 Å². The van der Waals surface area contributed by atoms with E-state index >= 15 is 0 Å². The van der Waals surface area contributed by atoms with Crippen molar-refractivity contribution in [2.75, 3.05) is 6.61 Å². The largest absolute Gasteiger partial charge is 0.469 e. The Bertz CT molecular complexity index is 1450. The summed E-state index contributed by atoms with van der Waals surface area (Å²) in [6, 6.07) is 7.36. The van der Waals surface area contributed by atoms with Gasteiger partial charge in [-0.15, -0.1) is 0 Å². The molecule has 1 aliphatic rings. The number of aryl methyl sites for hydroxylation is 1. The van der Waals surface area contributed by atoms with Crippen LogP contribution in [0.2, 0.25) is 18.1 Å². The summed E-state index contributed by atoms with van der Waals surface area (Å²) in [4.78, 5) is 39.6. The Balaban J connectivity index is 1.90. The molecule has 0 saturated carbocycles. The molecule has 2 N–H and O–H groups in total. The number of benzene rings is 1. The van der Waals surface area contributed by atoms with Crippen molar-refractivity contribution in [3.8, 4) is 5.75 Å². The van der Waals surface area contributed by atoms with Gasteiger partial charge in [0.25, 0.3) is 5.56 Å². The van der Waals surface area contributed by atoms with Crippen molar-refractivity contribution >= 4 is 22.0 Å². The summed E-state index contributed by atoms with van der Waals surface area (Å²) in [5, 5.41) is 2.49. The van der Waals surface area contributed by atoms with E-state index in [0.717, 1.165) is 0 Å². The van der Waals surface area contributed by atoms with Crippen molar-refractivity contribution < 1.29 is 32.3 Å². The zero-order valence-electron chi connectivity index (χ0n) is 25.6. The molecule has 0 radical (unpaired) electrons. The topological polar surface area (TPSA) is 147 Å². The minimum atomic E-state index is -4.17. The number of ether oxygens (including phenoxy) is 2. The lowest BCUT2D eigenvalue weighted by molar-refractivity contribution is -0.149. The number of H-pyrrole nitrogens is 1. The molecular weight excluding hydrogens is 581 g/mol. The smallest absolute Gasteiger partial charge is 0.459 e. The number of aromatic amines is 1. The number of hydrogen-bond donors (Lipinski definition) is 2. The van der Waals surface area contributed by atoms with Gasteiger partial charge in [-0.1, -0.05) is 39.0 Å². The van der Waals surface area contributed by atoms with Crippen LogP contribution in [0.1, 0.15) is 53.3 Å². The second-order valence-corrected chi connectivity index (χ2v) is 18.4. The van der Waals surface area contributed by atoms with E-state index in [-0.39, 0.29) is 29.3 Å². The highest BCUT2D eigenvalue weighted by Gasteiger charge is 2.44. The Morgan fingerprint density at radius 2 is 1.81 bits per heavy atom. The van der Waals surface area contributed by atoms with E-state index in [4.69, 9.17) is 22.9 Å². The van der Waals surface area contributed by atoms with E-state index < -0.39 is 51.7 Å². The highest BCUT2D eigenvalue weighted by Crippen LogP contribution is 2.46. The summed E-state index contributed by atoms with van der Waals surface area (Å²) in [6.07, 6.45) is 1.04. The number of aromatic nitrogens is 2. The minimum absolute atomic E-state index is 0.152. The molecule has 0 aliphatic carbocycles. The average molecular weight is 624 g/mol. The van der Waals surface area contributed by atoms with Gasteiger partial charge in [-0.2, -0.15) is 5.09 Å². The molecule has 14 heteroatoms. The van der Waals surface area contributed by atoms with Crippen LogP contribution < -0.4 is 20.9 Å². The molecule has 1 aromatic heterocycles. The highest BCUT2D eigenvalue weighted by atomic mass is 31.2. The molecule has 12 nitrogen and oxygen atoms in total. The van der Waals surface area contributed by atoms with Gasteiger partial charge in [0.15, 0.2) is 8.32 Å². The fraction of sp³-hybridized carbons (Fsp3) is 0.536. The van der Waals surface area contributed by atoms with Crippen LogP contribution in [0, 0.1) is 6.92 Å². The number of esters is 1. The van der Waals surface area contributed by atoms with Gasteiger partial charge < -0.3 is 18.4 Å². The summed E-state index contributed by atoms with van der Waals surface area (Å²) >= 11 is 0. The number of nitrogens with one attached hydrogen (secondary N) is 2. The fourth-order valence-corrected chi connectivity index (χ4v) is 6.37. The van der Waals surface area contributed by atoms with E-state index in [0.29, 0.717) is 5.56 Å². The Kier molecular flexibility index (Phi) is 10.5. The number of rotatable bonds is 12. The molecule has 2 aromatic rings. The number of hydrogen-bond acceptors (Lipinski definition) is 9. The molecular formula is C28H42N3O9PSi. The highest BCUT2D eigenvalue weighted by molar-refractivity contribution is 7.52. The summed E-state index contributed by atoms with van der Waals surface area (Å²) in [7, 11) is -6.54. The fourth-order valence-electron chi connectivity index (χ4n) is 3.69. The standard InChI is InChI=1S/C28H42N3O9PSi/c1-18(2)37-26(33)20(4)30-41(35,39-21-13-11-10-12-14-21)36-17-22-15-23(40-42(8,9)28(5,6)7)25(38-22)31-16-19(3)24(32)29-27(31)34/h10-16,18,20,23,25H,17H2,1-9H3,(H,30,35)(H,29,32,34)/t20-,23+,25+,41-/m0/s1. The molecule has 232 valence electrons. The third kappa shape index (κ3) is 8.54. The van der Waals surface area contributed by atoms with Crippen molar-refractivity contribution in [1.29, 1.82) is 0 Å². The van der Waals surface area contributed by atoms with Gasteiger partial charge in [0.2, 0.25) is 6.23 Å². The monoisotopic (exact) mass is 623 g/mol. The Labute approximate surface area is 247 Å². The predicted molar refractivity (Wildman–Crippen MR) is 161 cm³/mol. The molecule has 0 unspecified atom stereocenters. The zero-order valence-corrected chi connectivity index (χ0v) is 27.5. The zero-order chi connectivity index (χ0) is 31.5. The first-order valence-corrected chi connectivity index (χ1v) is 18.2. The normalized spacial score (nSPS) is 19.5. The molecule has 2 heterocycles. The van der Waals surface area contributed by atoms with Crippen LogP contribution in [0.15, 0.2) is 58.0 Å². The van der Waals surface area contributed by atoms with Crippen LogP contribution in [-0.2, 0) is 27.8 Å². The maximum Gasteiger partial charge on any atom is 0.459 e. The lowest BCUT2D eigenvalue weighted by Gasteiger charge is -2.39. The maximum atomic E-state index is 13.9. The summed E-state index contributed by atoms with van der Waals surface area (Å²) in [6.45, 7) is 16.5. The van der Waals surface area contributed by atoms with Crippen LogP contribution in [0.3, 0.4) is 0 Å². The molecule has 42 heavy (non-hydrogen) atoms. The Morgan fingerprint density at radius 1 is 1.17 bits per heavy atom. The van der Waals surface area contributed by atoms with Crippen molar-refractivity contribution in [1.82, 2.24) is 14.6 Å². The molecule has 0 spiro atoms. The SMILES string of the molecule is Cc1cn([C@@H]2OC(CO[P@@](=O)(N[C@@H](C)C(=O)OC(C)C)Oc3ccccc3)=C[C@H]2O[Si](C)(C)C(C)(C)C)c(=O)[nH]c1=O. The molecule has 0 bridgehead atoms. The molecule has 0 fully saturated rings. The molecule has 3 rings (SSSR count). The average Bonchev–Trinajstić information content (AvgIpc) is 3.26. The second kappa shape index (κ2) is 13.1. The lowest BCUT2D eigenvalue weighted by atomic mass is 10.2. The quantitative estimate of drug-likeness (QED) is 0.192. The predicted octanol–water partition coefficient (Wildman–Crippen LogP) is 4.78. The third-order valence-corrected chi connectivity index (χ3v) is 13.1. The van der Waals surface area contributed by atoms with Crippen LogP contribution >= 0.6 is 7.75 Å². The maximum absolute atomic E-state index is 13.9. The van der Waals surface area contributed by atoms with Crippen LogP contribution in [0.25, 0.3) is 0 Å². The van der Waals surface area contributed by atoms with E-state index in [1.54, 1.807) is 57.2 Å². The van der Waals surface area contributed by atoms with Crippen LogP contribution in [-0.4, -0.2) is 48.7 Å². The number of nitrogens with zero attached hydrogens (tertiary/aromatic N) is 1. The van der Waals surface area contributed by atoms with Crippen LogP contribution in [0.4, 0.5) is 0 Å². The van der Waals surface area contributed by atoms with Gasteiger partial charge in [-0.05, 0) is 64.0 Å². The molecule has 1 aliphatic heterocycles. The van der Waals surface area contributed by atoms with E-state index in [1.165, 1.54) is 17.7 Å². The molecule has 0 amide bonds. The van der Waals surface area contributed by atoms with Gasteiger partial charge in [0, 0.05) is 11.8 Å². The lowest BCUT2D eigenvalue weighted by Crippen LogP contribution is -2.46. The summed E-state index contributed by atoms with van der Waals surface area (Å²) in [5.74, 6) is -0.139. The van der Waals surface area contributed by atoms with Crippen molar-refractivity contribution in [3.05, 3.63) is 74.8 Å². The summed E-state index contributed by atoms with van der Waals surface area (Å²) < 4.78 is 44.6. The first-order valence-electron chi connectivity index (χ1n) is 13.8. The number of carbonyl (C=O) groups is 1. The molecule has 4 atom stereocenters. The van der Waals surface area contributed by atoms with Gasteiger partial charge in [-0.3, -0.25) is 23.7 Å². The van der Waals surface area contributed by atoms with E-state index in [2.05, 4.69) is 43.9 Å². The Hall–Kier alpha value is -2.96. The van der Waals surface area contributed by atoms with E-state index in [1.807, 2.05) is 0 Å². The van der Waals surface area contributed by atoms with Gasteiger partial charge in [0.05, 0.1) is 6.10 Å². The van der Waals surface area contributed by atoms with Gasteiger partial charge in [0.1, 0.15) is 30.3 Å². The van der Waals surface area contributed by atoms with Crippen molar-refractivity contribution in [2.24, 2.45) is 0 Å². The number of para-hydroxylation sites is 1. The first kappa shape index (κ1) is 33.5. The summed E-state index contributed by atoms with van der Waals surface area (Å²) in [5.41, 5.74) is -0.837. The minimum Gasteiger partial charge on any atom is -0.469 e. The molecule has 0 saturated heterocycles.